The molecule has 14 heavy (non-hydrogen) atoms. The zero-order valence-corrected chi connectivity index (χ0v) is 10.1. The molecule has 1 unspecified atom stereocenters. The zero-order valence-electron chi connectivity index (χ0n) is 8.49. The standard InChI is InChI=1S/C8H16ClNO3S/c1-5(14-3)7(6(11)4-9)10-8(12)13-2/h5-7,11H,4H2,1-3H3,(H,10,12)/t5?,6-,7-/m1/s1. The molecule has 2 N–H and O–H groups in total. The largest absolute Gasteiger partial charge is 0.453 e. The molecule has 0 aliphatic carbocycles. The smallest absolute Gasteiger partial charge is 0.407 e. The van der Waals surface area contributed by atoms with Crippen LogP contribution >= 0.6 is 23.4 Å². The van der Waals surface area contributed by atoms with E-state index in [-0.39, 0.29) is 11.1 Å². The van der Waals surface area contributed by atoms with Gasteiger partial charge in [0.25, 0.3) is 0 Å². The molecule has 4 nitrogen and oxygen atoms in total. The number of hydrogen-bond acceptors (Lipinski definition) is 4. The first-order valence-corrected chi connectivity index (χ1v) is 6.00. The second-order valence-corrected chi connectivity index (χ2v) is 4.35. The molecule has 0 saturated heterocycles. The molecule has 0 fully saturated rings. The van der Waals surface area contributed by atoms with Crippen LogP contribution in [0, 0.1) is 0 Å². The maximum absolute atomic E-state index is 11.0. The first kappa shape index (κ1) is 13.9. The summed E-state index contributed by atoms with van der Waals surface area (Å²) in [5, 5.41) is 12.2. The Balaban J connectivity index is 4.31. The number of aliphatic hydroxyl groups excluding tert-OH is 1. The van der Waals surface area contributed by atoms with Crippen molar-refractivity contribution in [2.75, 3.05) is 19.2 Å². The summed E-state index contributed by atoms with van der Waals surface area (Å²) in [6, 6.07) is -0.394. The van der Waals surface area contributed by atoms with Crippen LogP contribution in [0.1, 0.15) is 6.92 Å². The highest BCUT2D eigenvalue weighted by atomic mass is 35.5. The summed E-state index contributed by atoms with van der Waals surface area (Å²) < 4.78 is 4.46. The van der Waals surface area contributed by atoms with Crippen LogP contribution in [0.15, 0.2) is 0 Å². The Morgan fingerprint density at radius 1 is 1.71 bits per heavy atom. The first-order valence-electron chi connectivity index (χ1n) is 4.18. The van der Waals surface area contributed by atoms with Crippen molar-refractivity contribution in [3.8, 4) is 0 Å². The number of carbonyl (C=O) groups is 1. The van der Waals surface area contributed by atoms with Crippen molar-refractivity contribution in [1.29, 1.82) is 0 Å². The highest BCUT2D eigenvalue weighted by Crippen LogP contribution is 2.14. The number of halogens is 1. The maximum Gasteiger partial charge on any atom is 0.407 e. The van der Waals surface area contributed by atoms with E-state index in [2.05, 4.69) is 10.1 Å². The number of thioether (sulfide) groups is 1. The molecule has 84 valence electrons. The van der Waals surface area contributed by atoms with Crippen LogP contribution in [0.3, 0.4) is 0 Å². The van der Waals surface area contributed by atoms with Gasteiger partial charge in [-0.15, -0.1) is 11.6 Å². The second kappa shape index (κ2) is 7.20. The molecule has 0 rings (SSSR count). The molecule has 0 spiro atoms. The van der Waals surface area contributed by atoms with Crippen molar-refractivity contribution >= 4 is 29.5 Å². The summed E-state index contributed by atoms with van der Waals surface area (Å²) in [6.45, 7) is 1.90. The fourth-order valence-electron chi connectivity index (χ4n) is 0.964. The van der Waals surface area contributed by atoms with Crippen molar-refractivity contribution < 1.29 is 14.6 Å². The van der Waals surface area contributed by atoms with Crippen LogP contribution in [0.2, 0.25) is 0 Å². The number of aliphatic hydroxyl groups is 1. The van der Waals surface area contributed by atoms with Crippen molar-refractivity contribution in [3.05, 3.63) is 0 Å². The summed E-state index contributed by atoms with van der Waals surface area (Å²) in [7, 11) is 1.28. The van der Waals surface area contributed by atoms with Crippen molar-refractivity contribution in [2.45, 2.75) is 24.3 Å². The molecule has 0 saturated carbocycles. The predicted molar refractivity (Wildman–Crippen MR) is 59.0 cm³/mol. The lowest BCUT2D eigenvalue weighted by Crippen LogP contribution is -2.49. The highest BCUT2D eigenvalue weighted by Gasteiger charge is 2.26. The minimum absolute atomic E-state index is 0.0721. The minimum Gasteiger partial charge on any atom is -0.453 e. The Bertz CT molecular complexity index is 172. The lowest BCUT2D eigenvalue weighted by atomic mass is 10.1. The lowest BCUT2D eigenvalue weighted by Gasteiger charge is -2.26. The SMILES string of the molecule is COC(=O)N[C@H](C(C)SC)[C@H](O)CCl. The Labute approximate surface area is 93.3 Å². The Morgan fingerprint density at radius 3 is 2.64 bits per heavy atom. The molecule has 0 radical (unpaired) electrons. The van der Waals surface area contributed by atoms with E-state index < -0.39 is 18.2 Å². The molecule has 0 aromatic rings. The quantitative estimate of drug-likeness (QED) is 0.707. The number of nitrogens with one attached hydrogen (secondary N) is 1. The summed E-state index contributed by atoms with van der Waals surface area (Å²) in [5.74, 6) is 0.0829. The number of rotatable bonds is 5. The monoisotopic (exact) mass is 241 g/mol. The van der Waals surface area contributed by atoms with Crippen LogP contribution < -0.4 is 5.32 Å². The summed E-state index contributed by atoms with van der Waals surface area (Å²) >= 11 is 7.06. The highest BCUT2D eigenvalue weighted by molar-refractivity contribution is 7.99. The number of alkyl halides is 1. The van der Waals surface area contributed by atoms with E-state index in [1.807, 2.05) is 13.2 Å². The number of carbonyl (C=O) groups excluding carboxylic acids is 1. The average molecular weight is 242 g/mol. The Kier molecular flexibility index (Phi) is 7.13. The molecule has 6 heteroatoms. The van der Waals surface area contributed by atoms with E-state index in [1.54, 1.807) is 11.8 Å². The third kappa shape index (κ3) is 4.39. The molecule has 3 atom stereocenters. The molecule has 0 aliphatic heterocycles. The summed E-state index contributed by atoms with van der Waals surface area (Å²) in [4.78, 5) is 11.0. The van der Waals surface area contributed by atoms with Gasteiger partial charge in [-0.25, -0.2) is 4.79 Å². The van der Waals surface area contributed by atoms with Gasteiger partial charge >= 0.3 is 6.09 Å². The van der Waals surface area contributed by atoms with Crippen LogP contribution in [-0.4, -0.2) is 47.8 Å². The third-order valence-electron chi connectivity index (χ3n) is 1.92. The average Bonchev–Trinajstić information content (AvgIpc) is 2.23. The lowest BCUT2D eigenvalue weighted by molar-refractivity contribution is 0.127. The van der Waals surface area contributed by atoms with Gasteiger partial charge in [0.2, 0.25) is 0 Å². The normalized spacial score (nSPS) is 16.9. The number of hydrogen-bond donors (Lipinski definition) is 2. The molecule has 0 heterocycles. The second-order valence-electron chi connectivity index (χ2n) is 2.82. The van der Waals surface area contributed by atoms with Gasteiger partial charge in [-0.05, 0) is 6.26 Å². The topological polar surface area (TPSA) is 58.6 Å². The van der Waals surface area contributed by atoms with E-state index in [1.165, 1.54) is 7.11 Å². The molecular formula is C8H16ClNO3S. The fraction of sp³-hybridized carbons (Fsp3) is 0.875. The van der Waals surface area contributed by atoms with Gasteiger partial charge in [-0.2, -0.15) is 11.8 Å². The molecule has 0 bridgehead atoms. The van der Waals surface area contributed by atoms with E-state index in [9.17, 15) is 9.90 Å². The number of amides is 1. The molecule has 0 aromatic carbocycles. The van der Waals surface area contributed by atoms with Crippen molar-refractivity contribution in [1.82, 2.24) is 5.32 Å². The van der Waals surface area contributed by atoms with E-state index in [4.69, 9.17) is 11.6 Å². The van der Waals surface area contributed by atoms with Gasteiger partial charge in [-0.3, -0.25) is 0 Å². The van der Waals surface area contributed by atoms with Gasteiger partial charge < -0.3 is 15.2 Å². The van der Waals surface area contributed by atoms with E-state index >= 15 is 0 Å². The number of alkyl carbamates (subject to hydrolysis) is 1. The minimum atomic E-state index is -0.766. The van der Waals surface area contributed by atoms with Gasteiger partial charge in [0, 0.05) is 5.25 Å². The predicted octanol–water partition coefficient (Wildman–Crippen LogP) is 1.06. The Hall–Kier alpha value is -0.130. The molecular weight excluding hydrogens is 226 g/mol. The molecule has 1 amide bonds. The number of ether oxygens (including phenoxy) is 1. The summed E-state index contributed by atoms with van der Waals surface area (Å²) in [5.41, 5.74) is 0. The van der Waals surface area contributed by atoms with Crippen molar-refractivity contribution in [2.24, 2.45) is 0 Å². The van der Waals surface area contributed by atoms with E-state index in [0.717, 1.165) is 0 Å². The number of methoxy groups -OCH3 is 1. The zero-order chi connectivity index (χ0) is 11.1. The van der Waals surface area contributed by atoms with Gasteiger partial charge in [0.1, 0.15) is 0 Å². The fourth-order valence-corrected chi connectivity index (χ4v) is 1.70. The third-order valence-corrected chi connectivity index (χ3v) is 3.27. The van der Waals surface area contributed by atoms with Crippen LogP contribution in [0.25, 0.3) is 0 Å². The van der Waals surface area contributed by atoms with Gasteiger partial charge in [0.15, 0.2) is 0 Å². The van der Waals surface area contributed by atoms with Gasteiger partial charge in [-0.1, -0.05) is 6.92 Å². The summed E-state index contributed by atoms with van der Waals surface area (Å²) in [6.07, 6.45) is 0.579. The van der Waals surface area contributed by atoms with Crippen LogP contribution in [0.5, 0.6) is 0 Å². The van der Waals surface area contributed by atoms with Gasteiger partial charge in [0.05, 0.1) is 25.1 Å². The molecule has 0 aromatic heterocycles. The van der Waals surface area contributed by atoms with Crippen LogP contribution in [0.4, 0.5) is 4.79 Å². The first-order chi connectivity index (χ1) is 6.56. The molecule has 0 aliphatic rings. The Morgan fingerprint density at radius 2 is 2.29 bits per heavy atom. The van der Waals surface area contributed by atoms with E-state index in [0.29, 0.717) is 0 Å². The maximum atomic E-state index is 11.0. The van der Waals surface area contributed by atoms with Crippen molar-refractivity contribution in [3.63, 3.8) is 0 Å². The van der Waals surface area contributed by atoms with Crippen LogP contribution in [-0.2, 0) is 4.74 Å².